The van der Waals surface area contributed by atoms with E-state index in [1.54, 1.807) is 6.20 Å². The highest BCUT2D eigenvalue weighted by Gasteiger charge is 2.01. The second kappa shape index (κ2) is 13.5. The van der Waals surface area contributed by atoms with Gasteiger partial charge in [-0.25, -0.2) is 4.68 Å². The fourth-order valence-electron chi connectivity index (χ4n) is 2.69. The maximum atomic E-state index is 4.29. The van der Waals surface area contributed by atoms with Crippen LogP contribution in [0.25, 0.3) is 5.69 Å². The van der Waals surface area contributed by atoms with Gasteiger partial charge in [0.15, 0.2) is 5.96 Å². The van der Waals surface area contributed by atoms with Crippen molar-refractivity contribution in [2.75, 3.05) is 40.3 Å². The molecule has 0 saturated heterocycles. The lowest BCUT2D eigenvalue weighted by molar-refractivity contribution is 0.332. The zero-order chi connectivity index (χ0) is 18.6. The highest BCUT2D eigenvalue weighted by atomic mass is 127. The van der Waals surface area contributed by atoms with E-state index in [1.807, 2.05) is 24.0 Å². The molecule has 1 aromatic carbocycles. The summed E-state index contributed by atoms with van der Waals surface area (Å²) in [6.07, 6.45) is 7.19. The van der Waals surface area contributed by atoms with Crippen molar-refractivity contribution in [1.82, 2.24) is 25.3 Å². The van der Waals surface area contributed by atoms with E-state index in [4.69, 9.17) is 0 Å². The minimum absolute atomic E-state index is 0. The number of unbranched alkanes of at least 4 members (excludes halogenated alkanes) is 1. The lowest BCUT2D eigenvalue weighted by Gasteiger charge is -2.18. The Hall–Kier alpha value is -1.61. The Bertz CT molecular complexity index is 639. The molecule has 7 heteroatoms. The van der Waals surface area contributed by atoms with Gasteiger partial charge in [0.2, 0.25) is 0 Å². The SMILES string of the molecule is CCCCN(C)CCNC(=NC)NCCc1ccc(-n2cccn2)cc1.I. The molecule has 0 aliphatic rings. The second-order valence-corrected chi connectivity index (χ2v) is 6.45. The molecule has 0 bridgehead atoms. The van der Waals surface area contributed by atoms with Gasteiger partial charge in [0.05, 0.1) is 5.69 Å². The summed E-state index contributed by atoms with van der Waals surface area (Å²) in [4.78, 5) is 6.64. The van der Waals surface area contributed by atoms with E-state index >= 15 is 0 Å². The number of nitrogens with zero attached hydrogens (tertiary/aromatic N) is 4. The summed E-state index contributed by atoms with van der Waals surface area (Å²) >= 11 is 0. The molecule has 0 atom stereocenters. The van der Waals surface area contributed by atoms with E-state index < -0.39 is 0 Å². The van der Waals surface area contributed by atoms with Crippen molar-refractivity contribution < 1.29 is 0 Å². The van der Waals surface area contributed by atoms with Crippen molar-refractivity contribution in [3.63, 3.8) is 0 Å². The van der Waals surface area contributed by atoms with Crippen LogP contribution in [0.5, 0.6) is 0 Å². The fraction of sp³-hybridized carbons (Fsp3) is 0.500. The van der Waals surface area contributed by atoms with Gasteiger partial charge in [-0.15, -0.1) is 24.0 Å². The summed E-state index contributed by atoms with van der Waals surface area (Å²) in [6.45, 7) is 6.15. The van der Waals surface area contributed by atoms with Gasteiger partial charge < -0.3 is 15.5 Å². The molecule has 2 N–H and O–H groups in total. The van der Waals surface area contributed by atoms with E-state index in [1.165, 1.54) is 18.4 Å². The number of benzene rings is 1. The number of halogens is 1. The lowest BCUT2D eigenvalue weighted by atomic mass is 10.1. The Balaban J connectivity index is 0.00000364. The summed E-state index contributed by atoms with van der Waals surface area (Å²) < 4.78 is 1.87. The minimum atomic E-state index is 0. The van der Waals surface area contributed by atoms with Gasteiger partial charge in [-0.2, -0.15) is 5.10 Å². The van der Waals surface area contributed by atoms with Crippen molar-refractivity contribution >= 4 is 29.9 Å². The van der Waals surface area contributed by atoms with Crippen molar-refractivity contribution in [2.45, 2.75) is 26.2 Å². The summed E-state index contributed by atoms with van der Waals surface area (Å²) in [5.41, 5.74) is 2.37. The maximum absolute atomic E-state index is 4.29. The van der Waals surface area contributed by atoms with Crippen LogP contribution in [0.3, 0.4) is 0 Å². The lowest BCUT2D eigenvalue weighted by Crippen LogP contribution is -2.41. The number of hydrogen-bond donors (Lipinski definition) is 2. The molecule has 0 saturated carbocycles. The summed E-state index contributed by atoms with van der Waals surface area (Å²) in [5.74, 6) is 0.863. The van der Waals surface area contributed by atoms with Gasteiger partial charge >= 0.3 is 0 Å². The molecule has 1 heterocycles. The van der Waals surface area contributed by atoms with Crippen LogP contribution in [0.1, 0.15) is 25.3 Å². The fourth-order valence-corrected chi connectivity index (χ4v) is 2.69. The predicted molar refractivity (Wildman–Crippen MR) is 124 cm³/mol. The molecule has 0 amide bonds. The first-order valence-electron chi connectivity index (χ1n) is 9.45. The smallest absolute Gasteiger partial charge is 0.191 e. The quantitative estimate of drug-likeness (QED) is 0.310. The van der Waals surface area contributed by atoms with Crippen molar-refractivity contribution in [3.8, 4) is 5.69 Å². The van der Waals surface area contributed by atoms with E-state index in [2.05, 4.69) is 63.9 Å². The van der Waals surface area contributed by atoms with Gasteiger partial charge in [-0.1, -0.05) is 25.5 Å². The number of likely N-dealkylation sites (N-methyl/N-ethyl adjacent to an activating group) is 1. The zero-order valence-corrected chi connectivity index (χ0v) is 19.0. The van der Waals surface area contributed by atoms with Crippen molar-refractivity contribution in [3.05, 3.63) is 48.3 Å². The molecular weight excluding hydrogens is 451 g/mol. The molecule has 27 heavy (non-hydrogen) atoms. The normalized spacial score (nSPS) is 11.3. The maximum Gasteiger partial charge on any atom is 0.191 e. The van der Waals surface area contributed by atoms with Crippen LogP contribution < -0.4 is 10.6 Å². The summed E-state index contributed by atoms with van der Waals surface area (Å²) in [7, 11) is 3.98. The van der Waals surface area contributed by atoms with Crippen LogP contribution in [0.4, 0.5) is 0 Å². The Kier molecular flexibility index (Phi) is 11.8. The molecule has 0 unspecified atom stereocenters. The molecule has 2 aromatic rings. The monoisotopic (exact) mass is 484 g/mol. The number of guanidine groups is 1. The first kappa shape index (κ1) is 23.4. The van der Waals surface area contributed by atoms with Gasteiger partial charge in [-0.3, -0.25) is 4.99 Å². The number of hydrogen-bond acceptors (Lipinski definition) is 3. The zero-order valence-electron chi connectivity index (χ0n) is 16.7. The van der Waals surface area contributed by atoms with Crippen LogP contribution in [0.15, 0.2) is 47.7 Å². The molecule has 0 spiro atoms. The predicted octanol–water partition coefficient (Wildman–Crippen LogP) is 2.93. The van der Waals surface area contributed by atoms with Crippen LogP contribution >= 0.6 is 24.0 Å². The number of rotatable bonds is 10. The third-order valence-electron chi connectivity index (χ3n) is 4.31. The number of aromatic nitrogens is 2. The van der Waals surface area contributed by atoms with Crippen LogP contribution in [-0.4, -0.2) is 60.9 Å². The molecule has 150 valence electrons. The third-order valence-corrected chi connectivity index (χ3v) is 4.31. The van der Waals surface area contributed by atoms with E-state index in [0.29, 0.717) is 0 Å². The van der Waals surface area contributed by atoms with E-state index in [9.17, 15) is 0 Å². The highest BCUT2D eigenvalue weighted by Crippen LogP contribution is 2.08. The summed E-state index contributed by atoms with van der Waals surface area (Å²) in [5, 5.41) is 11.0. The molecule has 0 radical (unpaired) electrons. The molecule has 1 aromatic heterocycles. The summed E-state index contributed by atoms with van der Waals surface area (Å²) in [6, 6.07) is 10.4. The largest absolute Gasteiger partial charge is 0.356 e. The van der Waals surface area contributed by atoms with Crippen LogP contribution in [0.2, 0.25) is 0 Å². The average molecular weight is 484 g/mol. The Morgan fingerprint density at radius 3 is 2.52 bits per heavy atom. The van der Waals surface area contributed by atoms with Crippen molar-refractivity contribution in [1.29, 1.82) is 0 Å². The minimum Gasteiger partial charge on any atom is -0.356 e. The van der Waals surface area contributed by atoms with Crippen LogP contribution in [-0.2, 0) is 6.42 Å². The van der Waals surface area contributed by atoms with Gasteiger partial charge in [0.1, 0.15) is 0 Å². The Morgan fingerprint density at radius 1 is 1.15 bits per heavy atom. The van der Waals surface area contributed by atoms with Gasteiger partial charge in [0.25, 0.3) is 0 Å². The molecule has 0 fully saturated rings. The first-order chi connectivity index (χ1) is 12.7. The van der Waals surface area contributed by atoms with Gasteiger partial charge in [-0.05, 0) is 50.2 Å². The second-order valence-electron chi connectivity index (χ2n) is 6.45. The molecule has 2 rings (SSSR count). The van der Waals surface area contributed by atoms with Gasteiger partial charge in [0, 0.05) is 39.1 Å². The van der Waals surface area contributed by atoms with Crippen molar-refractivity contribution in [2.24, 2.45) is 4.99 Å². The van der Waals surface area contributed by atoms with E-state index in [0.717, 1.165) is 44.2 Å². The average Bonchev–Trinajstić information content (AvgIpc) is 3.20. The van der Waals surface area contributed by atoms with Crippen LogP contribution in [0, 0.1) is 0 Å². The Labute approximate surface area is 180 Å². The highest BCUT2D eigenvalue weighted by molar-refractivity contribution is 14.0. The number of aliphatic imine (C=N–C) groups is 1. The molecular formula is C20H33IN6. The Morgan fingerprint density at radius 2 is 1.89 bits per heavy atom. The standard InChI is InChI=1S/C20H32N6.HI/c1-4-5-15-25(3)17-14-23-20(21-2)22-13-11-18-7-9-19(10-8-18)26-16-6-12-24-26;/h6-10,12,16H,4-5,11,13-15,17H2,1-3H3,(H2,21,22,23);1H. The third kappa shape index (κ3) is 8.75. The molecule has 6 nitrogen and oxygen atoms in total. The molecule has 0 aliphatic heterocycles. The molecule has 0 aliphatic carbocycles. The first-order valence-corrected chi connectivity index (χ1v) is 9.45. The number of nitrogens with one attached hydrogen (secondary N) is 2. The topological polar surface area (TPSA) is 57.5 Å². The van der Waals surface area contributed by atoms with E-state index in [-0.39, 0.29) is 24.0 Å².